The van der Waals surface area contributed by atoms with Gasteiger partial charge in [-0.3, -0.25) is 0 Å². The molecule has 19 heavy (non-hydrogen) atoms. The van der Waals surface area contributed by atoms with Crippen LogP contribution in [0.1, 0.15) is 43.9 Å². The molecule has 2 N–H and O–H groups in total. The van der Waals surface area contributed by atoms with E-state index in [4.69, 9.17) is 0 Å². The van der Waals surface area contributed by atoms with Crippen LogP contribution >= 0.6 is 0 Å². The summed E-state index contributed by atoms with van der Waals surface area (Å²) < 4.78 is 0. The van der Waals surface area contributed by atoms with E-state index in [9.17, 15) is 0 Å². The van der Waals surface area contributed by atoms with Crippen LogP contribution in [0.25, 0.3) is 0 Å². The van der Waals surface area contributed by atoms with Gasteiger partial charge in [-0.15, -0.1) is 0 Å². The van der Waals surface area contributed by atoms with Gasteiger partial charge < -0.3 is 10.6 Å². The van der Waals surface area contributed by atoms with Gasteiger partial charge in [-0.1, -0.05) is 6.92 Å². The Balaban J connectivity index is 1.69. The van der Waals surface area contributed by atoms with Crippen molar-refractivity contribution < 1.29 is 0 Å². The van der Waals surface area contributed by atoms with Crippen LogP contribution in [0.5, 0.6) is 0 Å². The maximum Gasteiger partial charge on any atom is 0.132 e. The van der Waals surface area contributed by atoms with E-state index in [0.29, 0.717) is 5.41 Å². The first-order chi connectivity index (χ1) is 9.27. The Bertz CT molecular complexity index is 438. The quantitative estimate of drug-likeness (QED) is 0.874. The molecule has 0 aromatic carbocycles. The normalized spacial score (nSPS) is 26.8. The lowest BCUT2D eigenvalue weighted by molar-refractivity contribution is 0.253. The number of hydrogen-bond donors (Lipinski definition) is 2. The first-order valence-corrected chi connectivity index (χ1v) is 7.54. The minimum atomic E-state index is 0.352. The molecule has 1 saturated heterocycles. The number of anilines is 1. The Labute approximate surface area is 115 Å². The third kappa shape index (κ3) is 2.89. The predicted molar refractivity (Wildman–Crippen MR) is 77.4 cm³/mol. The smallest absolute Gasteiger partial charge is 0.132 e. The van der Waals surface area contributed by atoms with Crippen LogP contribution in [0.3, 0.4) is 0 Å². The number of piperidine rings is 1. The third-order valence-electron chi connectivity index (χ3n) is 4.49. The summed E-state index contributed by atoms with van der Waals surface area (Å²) in [4.78, 5) is 8.89. The van der Waals surface area contributed by atoms with E-state index in [0.717, 1.165) is 31.7 Å². The summed E-state index contributed by atoms with van der Waals surface area (Å²) in [5.41, 5.74) is 2.97. The van der Waals surface area contributed by atoms with E-state index in [1.165, 1.54) is 43.5 Å². The lowest BCUT2D eigenvalue weighted by atomic mass is 9.82. The Morgan fingerprint density at radius 1 is 1.26 bits per heavy atom. The van der Waals surface area contributed by atoms with Gasteiger partial charge in [-0.2, -0.15) is 0 Å². The predicted octanol–water partition coefficient (Wildman–Crippen LogP) is 2.16. The van der Waals surface area contributed by atoms with Gasteiger partial charge in [0.05, 0.1) is 0 Å². The second-order valence-corrected chi connectivity index (χ2v) is 6.30. The molecule has 3 rings (SSSR count). The zero-order chi connectivity index (χ0) is 13.1. The molecule has 2 heterocycles. The third-order valence-corrected chi connectivity index (χ3v) is 4.49. The molecule has 4 heteroatoms. The van der Waals surface area contributed by atoms with Gasteiger partial charge >= 0.3 is 0 Å². The van der Waals surface area contributed by atoms with Crippen molar-refractivity contribution in [3.63, 3.8) is 0 Å². The Morgan fingerprint density at radius 2 is 2.16 bits per heavy atom. The number of aromatic nitrogens is 2. The Kier molecular flexibility index (Phi) is 3.69. The minimum Gasteiger partial charge on any atom is -0.369 e. The number of nitrogens with one attached hydrogen (secondary N) is 2. The molecule has 0 amide bonds. The molecule has 1 fully saturated rings. The van der Waals surface area contributed by atoms with Crippen LogP contribution < -0.4 is 10.6 Å². The van der Waals surface area contributed by atoms with E-state index in [2.05, 4.69) is 27.5 Å². The number of aryl methyl sites for hydroxylation is 1. The SMILES string of the molecule is CC1(CNc2ncnc3c2CCCC3)CCCNC1. The average Bonchev–Trinajstić information content (AvgIpc) is 2.46. The molecule has 0 saturated carbocycles. The van der Waals surface area contributed by atoms with Gasteiger partial charge in [0.1, 0.15) is 12.1 Å². The molecule has 1 unspecified atom stereocenters. The van der Waals surface area contributed by atoms with Crippen LogP contribution in [-0.2, 0) is 12.8 Å². The zero-order valence-corrected chi connectivity index (χ0v) is 11.8. The number of rotatable bonds is 3. The molecule has 1 aromatic heterocycles. The van der Waals surface area contributed by atoms with Crippen molar-refractivity contribution in [3.05, 3.63) is 17.6 Å². The molecule has 1 aliphatic heterocycles. The molecule has 0 radical (unpaired) electrons. The fourth-order valence-corrected chi connectivity index (χ4v) is 3.24. The van der Waals surface area contributed by atoms with Crippen molar-refractivity contribution in [2.45, 2.75) is 45.4 Å². The van der Waals surface area contributed by atoms with Crippen LogP contribution in [0.15, 0.2) is 6.33 Å². The van der Waals surface area contributed by atoms with Gasteiger partial charge in [-0.05, 0) is 50.5 Å². The van der Waals surface area contributed by atoms with Crippen molar-refractivity contribution >= 4 is 5.82 Å². The highest BCUT2D eigenvalue weighted by molar-refractivity contribution is 5.47. The number of fused-ring (bicyclic) bond motifs is 1. The zero-order valence-electron chi connectivity index (χ0n) is 11.8. The van der Waals surface area contributed by atoms with Crippen molar-refractivity contribution in [3.8, 4) is 0 Å². The van der Waals surface area contributed by atoms with E-state index in [1.807, 2.05) is 0 Å². The van der Waals surface area contributed by atoms with Crippen LogP contribution in [0.2, 0.25) is 0 Å². The first-order valence-electron chi connectivity index (χ1n) is 7.54. The molecule has 0 bridgehead atoms. The van der Waals surface area contributed by atoms with E-state index >= 15 is 0 Å². The molecule has 2 aliphatic rings. The van der Waals surface area contributed by atoms with Gasteiger partial charge in [-0.25, -0.2) is 9.97 Å². The summed E-state index contributed by atoms with van der Waals surface area (Å²) in [5.74, 6) is 1.08. The molecular weight excluding hydrogens is 236 g/mol. The number of hydrogen-bond acceptors (Lipinski definition) is 4. The monoisotopic (exact) mass is 260 g/mol. The first kappa shape index (κ1) is 12.9. The summed E-state index contributed by atoms with van der Waals surface area (Å²) in [6, 6.07) is 0. The maximum atomic E-state index is 4.46. The standard InChI is InChI=1S/C15H24N4/c1-15(7-4-8-16-9-15)10-17-14-12-5-2-3-6-13(12)18-11-19-14/h11,16H,2-10H2,1H3,(H,17,18,19). The molecule has 4 nitrogen and oxygen atoms in total. The van der Waals surface area contributed by atoms with Crippen molar-refractivity contribution in [2.75, 3.05) is 25.0 Å². The van der Waals surface area contributed by atoms with Gasteiger partial charge in [0.2, 0.25) is 0 Å². The van der Waals surface area contributed by atoms with Crippen LogP contribution in [0.4, 0.5) is 5.82 Å². The molecule has 104 valence electrons. The second-order valence-electron chi connectivity index (χ2n) is 6.30. The fraction of sp³-hybridized carbons (Fsp3) is 0.733. The molecule has 1 atom stereocenters. The fourth-order valence-electron chi connectivity index (χ4n) is 3.24. The largest absolute Gasteiger partial charge is 0.369 e. The summed E-state index contributed by atoms with van der Waals surface area (Å²) in [5, 5.41) is 7.09. The van der Waals surface area contributed by atoms with Crippen molar-refractivity contribution in [1.29, 1.82) is 0 Å². The van der Waals surface area contributed by atoms with Crippen LogP contribution in [0, 0.1) is 5.41 Å². The summed E-state index contributed by atoms with van der Waals surface area (Å²) in [6.45, 7) is 5.63. The van der Waals surface area contributed by atoms with Gasteiger partial charge in [0.15, 0.2) is 0 Å². The summed E-state index contributed by atoms with van der Waals surface area (Å²) in [6.07, 6.45) is 9.08. The lowest BCUT2D eigenvalue weighted by Gasteiger charge is -2.34. The average molecular weight is 260 g/mol. The van der Waals surface area contributed by atoms with Gasteiger partial charge in [0, 0.05) is 24.3 Å². The van der Waals surface area contributed by atoms with E-state index < -0.39 is 0 Å². The van der Waals surface area contributed by atoms with E-state index in [-0.39, 0.29) is 0 Å². The molecule has 1 aromatic rings. The van der Waals surface area contributed by atoms with Gasteiger partial charge in [0.25, 0.3) is 0 Å². The molecule has 0 spiro atoms. The lowest BCUT2D eigenvalue weighted by Crippen LogP contribution is -2.42. The summed E-state index contributed by atoms with van der Waals surface area (Å²) >= 11 is 0. The van der Waals surface area contributed by atoms with Crippen molar-refractivity contribution in [2.24, 2.45) is 5.41 Å². The highest BCUT2D eigenvalue weighted by Gasteiger charge is 2.27. The second kappa shape index (κ2) is 5.45. The molecule has 1 aliphatic carbocycles. The number of nitrogens with zero attached hydrogens (tertiary/aromatic N) is 2. The highest BCUT2D eigenvalue weighted by Crippen LogP contribution is 2.28. The van der Waals surface area contributed by atoms with Crippen molar-refractivity contribution in [1.82, 2.24) is 15.3 Å². The minimum absolute atomic E-state index is 0.352. The highest BCUT2D eigenvalue weighted by atomic mass is 15.0. The topological polar surface area (TPSA) is 49.8 Å². The Hall–Kier alpha value is -1.16. The Morgan fingerprint density at radius 3 is 3.00 bits per heavy atom. The summed E-state index contributed by atoms with van der Waals surface area (Å²) in [7, 11) is 0. The molecular formula is C15H24N4. The maximum absolute atomic E-state index is 4.46. The van der Waals surface area contributed by atoms with Crippen LogP contribution in [-0.4, -0.2) is 29.6 Å². The van der Waals surface area contributed by atoms with E-state index in [1.54, 1.807) is 6.33 Å².